The number of amides is 1. The highest BCUT2D eigenvalue weighted by molar-refractivity contribution is 7.99. The summed E-state index contributed by atoms with van der Waals surface area (Å²) in [6.45, 7) is 1.52. The molecule has 2 aliphatic rings. The highest BCUT2D eigenvalue weighted by atomic mass is 32.2. The summed E-state index contributed by atoms with van der Waals surface area (Å²) in [6.07, 6.45) is 6.75. The third-order valence-electron chi connectivity index (χ3n) is 6.03. The van der Waals surface area contributed by atoms with E-state index in [0.29, 0.717) is 18.3 Å². The van der Waals surface area contributed by atoms with E-state index in [9.17, 15) is 4.79 Å². The second-order valence-corrected chi connectivity index (χ2v) is 8.89. The van der Waals surface area contributed by atoms with Crippen molar-refractivity contribution < 1.29 is 4.79 Å². The topological polar surface area (TPSA) is 92.6 Å². The first kappa shape index (κ1) is 18.6. The first-order valence-electron chi connectivity index (χ1n) is 10.4. The van der Waals surface area contributed by atoms with Crippen LogP contribution < -0.4 is 0 Å². The van der Waals surface area contributed by atoms with Crippen molar-refractivity contribution in [2.24, 2.45) is 0 Å². The van der Waals surface area contributed by atoms with Gasteiger partial charge in [-0.05, 0) is 48.2 Å². The van der Waals surface area contributed by atoms with Gasteiger partial charge in [0.2, 0.25) is 11.1 Å². The number of imidazole rings is 1. The Hall–Kier alpha value is -2.42. The molecule has 8 nitrogen and oxygen atoms in total. The van der Waals surface area contributed by atoms with Crippen molar-refractivity contribution in [3.05, 3.63) is 30.1 Å². The van der Waals surface area contributed by atoms with Crippen molar-refractivity contribution in [3.63, 3.8) is 0 Å². The zero-order valence-corrected chi connectivity index (χ0v) is 17.1. The maximum atomic E-state index is 12.9. The lowest BCUT2D eigenvalue weighted by Crippen LogP contribution is -2.40. The van der Waals surface area contributed by atoms with Crippen molar-refractivity contribution in [1.82, 2.24) is 35.1 Å². The molecular weight excluding hydrogens is 386 g/mol. The summed E-state index contributed by atoms with van der Waals surface area (Å²) >= 11 is 1.46. The number of rotatable bonds is 5. The number of likely N-dealkylation sites (tertiary alicyclic amines) is 1. The summed E-state index contributed by atoms with van der Waals surface area (Å²) in [5.74, 6) is 1.77. The summed E-state index contributed by atoms with van der Waals surface area (Å²) in [4.78, 5) is 23.0. The smallest absolute Gasteiger partial charge is 0.233 e. The normalized spacial score (nSPS) is 20.6. The summed E-state index contributed by atoms with van der Waals surface area (Å²) in [5, 5.41) is 12.9. The lowest BCUT2D eigenvalue weighted by molar-refractivity contribution is -0.129. The molecule has 5 rings (SSSR count). The molecule has 0 spiro atoms. The van der Waals surface area contributed by atoms with Gasteiger partial charge in [-0.1, -0.05) is 36.7 Å². The average Bonchev–Trinajstić information content (AvgIpc) is 3.51. The Balaban J connectivity index is 1.22. The SMILES string of the molecule is O=C(CSc1nnnn1C1CCCC1)N1CCCC(c2nc3ccccc3[nH]2)C1. The average molecular weight is 412 g/mol. The van der Waals surface area contributed by atoms with Crippen LogP contribution in [-0.4, -0.2) is 59.8 Å². The molecule has 3 aromatic rings. The van der Waals surface area contributed by atoms with Gasteiger partial charge in [0.1, 0.15) is 5.82 Å². The third-order valence-corrected chi connectivity index (χ3v) is 6.94. The fourth-order valence-corrected chi connectivity index (χ4v) is 5.32. The second kappa shape index (κ2) is 8.14. The number of aromatic amines is 1. The van der Waals surface area contributed by atoms with Gasteiger partial charge in [-0.2, -0.15) is 0 Å². The van der Waals surface area contributed by atoms with Crippen LogP contribution in [0.1, 0.15) is 56.3 Å². The predicted molar refractivity (Wildman–Crippen MR) is 111 cm³/mol. The van der Waals surface area contributed by atoms with E-state index in [1.807, 2.05) is 33.8 Å². The van der Waals surface area contributed by atoms with Crippen LogP contribution >= 0.6 is 11.8 Å². The molecule has 2 aromatic heterocycles. The Kier molecular flexibility index (Phi) is 5.22. The molecule has 1 aliphatic heterocycles. The number of H-pyrrole nitrogens is 1. The van der Waals surface area contributed by atoms with E-state index in [2.05, 4.69) is 20.5 Å². The molecular formula is C20H25N7OS. The number of carbonyl (C=O) groups excluding carboxylic acids is 1. The number of carbonyl (C=O) groups is 1. The van der Waals surface area contributed by atoms with Crippen LogP contribution in [0.5, 0.6) is 0 Å². The molecule has 0 bridgehead atoms. The minimum atomic E-state index is 0.150. The van der Waals surface area contributed by atoms with Gasteiger partial charge in [-0.15, -0.1) is 5.10 Å². The first-order valence-corrected chi connectivity index (χ1v) is 11.4. The number of nitrogens with one attached hydrogen (secondary N) is 1. The molecule has 9 heteroatoms. The molecule has 1 atom stereocenters. The van der Waals surface area contributed by atoms with E-state index in [4.69, 9.17) is 4.98 Å². The van der Waals surface area contributed by atoms with E-state index in [-0.39, 0.29) is 11.8 Å². The predicted octanol–water partition coefficient (Wildman–Crippen LogP) is 3.16. The van der Waals surface area contributed by atoms with Crippen molar-refractivity contribution in [2.75, 3.05) is 18.8 Å². The van der Waals surface area contributed by atoms with Gasteiger partial charge in [0.25, 0.3) is 0 Å². The van der Waals surface area contributed by atoms with Crippen LogP contribution in [0.4, 0.5) is 0 Å². The largest absolute Gasteiger partial charge is 0.342 e. The number of tetrazole rings is 1. The summed E-state index contributed by atoms with van der Waals surface area (Å²) < 4.78 is 1.92. The number of nitrogens with zero attached hydrogens (tertiary/aromatic N) is 6. The standard InChI is InChI=1S/C20H25N7OS/c28-18(13-29-20-23-24-25-27(20)15-7-1-2-8-15)26-11-5-6-14(12-26)19-21-16-9-3-4-10-17(16)22-19/h3-4,9-10,14-15H,1-2,5-8,11-13H2,(H,21,22). The van der Waals surface area contributed by atoms with Crippen LogP contribution in [-0.2, 0) is 4.79 Å². The van der Waals surface area contributed by atoms with E-state index in [1.54, 1.807) is 0 Å². The van der Waals surface area contributed by atoms with Gasteiger partial charge in [-0.25, -0.2) is 9.67 Å². The summed E-state index contributed by atoms with van der Waals surface area (Å²) in [6, 6.07) is 8.46. The van der Waals surface area contributed by atoms with E-state index in [0.717, 1.165) is 54.2 Å². The van der Waals surface area contributed by atoms with Crippen LogP contribution in [0, 0.1) is 0 Å². The summed E-state index contributed by atoms with van der Waals surface area (Å²) in [5.41, 5.74) is 2.04. The Labute approximate surface area is 173 Å². The molecule has 2 fully saturated rings. The molecule has 1 unspecified atom stereocenters. The molecule has 29 heavy (non-hydrogen) atoms. The van der Waals surface area contributed by atoms with Crippen molar-refractivity contribution in [1.29, 1.82) is 0 Å². The van der Waals surface area contributed by atoms with Gasteiger partial charge >= 0.3 is 0 Å². The van der Waals surface area contributed by atoms with E-state index in [1.165, 1.54) is 24.6 Å². The molecule has 1 amide bonds. The minimum Gasteiger partial charge on any atom is -0.342 e. The number of para-hydroxylation sites is 2. The number of aromatic nitrogens is 6. The fraction of sp³-hybridized carbons (Fsp3) is 0.550. The minimum absolute atomic E-state index is 0.150. The quantitative estimate of drug-likeness (QED) is 0.648. The van der Waals surface area contributed by atoms with Gasteiger partial charge in [0, 0.05) is 19.0 Å². The Morgan fingerprint density at radius 3 is 2.90 bits per heavy atom. The van der Waals surface area contributed by atoms with Crippen LogP contribution in [0.2, 0.25) is 0 Å². The molecule has 1 N–H and O–H groups in total. The van der Waals surface area contributed by atoms with Gasteiger partial charge in [-0.3, -0.25) is 4.79 Å². The van der Waals surface area contributed by atoms with Gasteiger partial charge in [0.05, 0.1) is 22.8 Å². The number of benzene rings is 1. The second-order valence-electron chi connectivity index (χ2n) is 7.95. The first-order chi connectivity index (χ1) is 14.3. The van der Waals surface area contributed by atoms with Crippen LogP contribution in [0.25, 0.3) is 11.0 Å². The monoisotopic (exact) mass is 411 g/mol. The maximum Gasteiger partial charge on any atom is 0.233 e. The molecule has 1 saturated heterocycles. The lowest BCUT2D eigenvalue weighted by Gasteiger charge is -2.31. The van der Waals surface area contributed by atoms with E-state index >= 15 is 0 Å². The van der Waals surface area contributed by atoms with Crippen LogP contribution in [0.3, 0.4) is 0 Å². The number of hydrogen-bond donors (Lipinski definition) is 1. The van der Waals surface area contributed by atoms with E-state index < -0.39 is 0 Å². The van der Waals surface area contributed by atoms with Gasteiger partial charge < -0.3 is 9.88 Å². The van der Waals surface area contributed by atoms with Crippen molar-refractivity contribution >= 4 is 28.7 Å². The Morgan fingerprint density at radius 1 is 1.17 bits per heavy atom. The zero-order valence-electron chi connectivity index (χ0n) is 16.3. The van der Waals surface area contributed by atoms with Gasteiger partial charge in [0.15, 0.2) is 0 Å². The molecule has 3 heterocycles. The number of hydrogen-bond acceptors (Lipinski definition) is 6. The van der Waals surface area contributed by atoms with Crippen molar-refractivity contribution in [2.45, 2.75) is 55.6 Å². The number of fused-ring (bicyclic) bond motifs is 1. The molecule has 152 valence electrons. The lowest BCUT2D eigenvalue weighted by atomic mass is 9.97. The molecule has 1 aromatic carbocycles. The molecule has 1 aliphatic carbocycles. The Bertz CT molecular complexity index is 961. The Morgan fingerprint density at radius 2 is 2.03 bits per heavy atom. The molecule has 1 saturated carbocycles. The third kappa shape index (κ3) is 3.88. The number of thioether (sulfide) groups is 1. The maximum absolute atomic E-state index is 12.9. The molecule has 0 radical (unpaired) electrons. The zero-order chi connectivity index (χ0) is 19.6. The fourth-order valence-electron chi connectivity index (χ4n) is 4.47. The van der Waals surface area contributed by atoms with Crippen molar-refractivity contribution in [3.8, 4) is 0 Å². The highest BCUT2D eigenvalue weighted by Crippen LogP contribution is 2.32. The number of piperidine rings is 1. The highest BCUT2D eigenvalue weighted by Gasteiger charge is 2.28. The van der Waals surface area contributed by atoms with Crippen LogP contribution in [0.15, 0.2) is 29.4 Å². The summed E-state index contributed by atoms with van der Waals surface area (Å²) in [7, 11) is 0.